The maximum absolute atomic E-state index is 10.8. The number of aryl methyl sites for hydroxylation is 3. The van der Waals surface area contributed by atoms with Crippen molar-refractivity contribution in [2.75, 3.05) is 0 Å². The molecule has 0 aromatic heterocycles. The highest BCUT2D eigenvalue weighted by molar-refractivity contribution is 7.99. The quantitative estimate of drug-likeness (QED) is 0.314. The van der Waals surface area contributed by atoms with E-state index >= 15 is 0 Å². The van der Waals surface area contributed by atoms with Crippen molar-refractivity contribution in [2.45, 2.75) is 109 Å². The minimum Gasteiger partial charge on any atom is -0.508 e. The van der Waals surface area contributed by atoms with Crippen LogP contribution in [0.1, 0.15) is 95.7 Å². The molecule has 0 saturated carbocycles. The lowest BCUT2D eigenvalue weighted by atomic mass is 9.85. The van der Waals surface area contributed by atoms with Gasteiger partial charge in [-0.25, -0.2) is 0 Å². The zero-order chi connectivity index (χ0) is 28.5. The highest BCUT2D eigenvalue weighted by Crippen LogP contribution is 2.46. The fourth-order valence-corrected chi connectivity index (χ4v) is 5.32. The summed E-state index contributed by atoms with van der Waals surface area (Å²) in [6, 6.07) is 13.9. The predicted octanol–water partition coefficient (Wildman–Crippen LogP) is 9.46. The summed E-state index contributed by atoms with van der Waals surface area (Å²) in [7, 11) is 0. The average Bonchev–Trinajstić information content (AvgIpc) is 2.70. The van der Waals surface area contributed by atoms with Crippen molar-refractivity contribution < 1.29 is 15.3 Å². The second kappa shape index (κ2) is 11.0. The summed E-state index contributed by atoms with van der Waals surface area (Å²) in [6.45, 7) is 24.9. The zero-order valence-corrected chi connectivity index (χ0v) is 25.6. The van der Waals surface area contributed by atoms with E-state index < -0.39 is 0 Å². The number of hydrogen-bond donors (Lipinski definition) is 3. The van der Waals surface area contributed by atoms with Crippen molar-refractivity contribution in [1.29, 1.82) is 0 Å². The normalized spacial score (nSPS) is 12.2. The topological polar surface area (TPSA) is 60.7 Å². The van der Waals surface area contributed by atoms with E-state index in [1.165, 1.54) is 11.8 Å². The molecule has 0 radical (unpaired) electrons. The van der Waals surface area contributed by atoms with Gasteiger partial charge in [-0.1, -0.05) is 98.3 Å². The Morgan fingerprint density at radius 2 is 0.865 bits per heavy atom. The molecule has 0 amide bonds. The third-order valence-electron chi connectivity index (χ3n) is 6.24. The van der Waals surface area contributed by atoms with E-state index in [0.29, 0.717) is 17.2 Å². The number of benzene rings is 3. The van der Waals surface area contributed by atoms with Gasteiger partial charge in [0.2, 0.25) is 0 Å². The number of hydrogen-bond acceptors (Lipinski definition) is 4. The lowest BCUT2D eigenvalue weighted by molar-refractivity contribution is 0.432. The van der Waals surface area contributed by atoms with Gasteiger partial charge in [0.25, 0.3) is 0 Å². The molecule has 0 aliphatic carbocycles. The highest BCUT2D eigenvalue weighted by atomic mass is 32.2. The van der Waals surface area contributed by atoms with Crippen LogP contribution in [0.15, 0.2) is 52.3 Å². The van der Waals surface area contributed by atoms with Crippen LogP contribution in [-0.2, 0) is 16.2 Å². The van der Waals surface area contributed by atoms with Gasteiger partial charge in [0.15, 0.2) is 0 Å². The summed E-state index contributed by atoms with van der Waals surface area (Å²) in [4.78, 5) is 1.57. The highest BCUT2D eigenvalue weighted by Gasteiger charge is 2.24. The Morgan fingerprint density at radius 1 is 0.486 bits per heavy atom. The van der Waals surface area contributed by atoms with Gasteiger partial charge in [-0.3, -0.25) is 0 Å². The van der Waals surface area contributed by atoms with E-state index in [9.17, 15) is 15.3 Å². The Kier molecular flexibility index (Phi) is 9.13. The molecule has 0 atom stereocenters. The van der Waals surface area contributed by atoms with Gasteiger partial charge in [-0.2, -0.15) is 0 Å². The lowest BCUT2D eigenvalue weighted by Crippen LogP contribution is -2.12. The Morgan fingerprint density at radius 3 is 1.19 bits per heavy atom. The molecule has 37 heavy (non-hydrogen) atoms. The Bertz CT molecular complexity index is 1190. The first-order chi connectivity index (χ1) is 16.7. The summed E-state index contributed by atoms with van der Waals surface area (Å²) >= 11 is 1.43. The van der Waals surface area contributed by atoms with Crippen molar-refractivity contribution in [3.8, 4) is 17.2 Å². The summed E-state index contributed by atoms with van der Waals surface area (Å²) in [5.41, 5.74) is 5.91. The summed E-state index contributed by atoms with van der Waals surface area (Å²) < 4.78 is 0. The molecule has 3 aromatic rings. The number of phenolic OH excluding ortho intramolecular Hbond substituents is 3. The molecule has 202 valence electrons. The van der Waals surface area contributed by atoms with E-state index in [-0.39, 0.29) is 16.2 Å². The Labute approximate surface area is 229 Å². The van der Waals surface area contributed by atoms with Crippen LogP contribution >= 0.6 is 11.8 Å². The van der Waals surface area contributed by atoms with Gasteiger partial charge in [-0.15, -0.1) is 0 Å². The van der Waals surface area contributed by atoms with Crippen LogP contribution in [-0.4, -0.2) is 15.3 Å². The van der Waals surface area contributed by atoms with Crippen molar-refractivity contribution in [2.24, 2.45) is 0 Å². The van der Waals surface area contributed by atoms with E-state index in [0.717, 1.165) is 43.2 Å². The molecule has 0 aliphatic heterocycles. The fourth-order valence-electron chi connectivity index (χ4n) is 4.18. The summed E-state index contributed by atoms with van der Waals surface area (Å²) in [5, 5.41) is 31.2. The SMILES string of the molecule is Cc1cc(Sc2cc(C)cc(C(C)(C)C)c2O)c(O)c(C(C)(C)C)c1.Cc1ccc(C(C)(C)C)c(O)c1. The van der Waals surface area contributed by atoms with Crippen LogP contribution in [0, 0.1) is 20.8 Å². The van der Waals surface area contributed by atoms with Crippen molar-refractivity contribution >= 4 is 11.8 Å². The molecule has 4 heteroatoms. The Balaban J connectivity index is 0.000000335. The van der Waals surface area contributed by atoms with E-state index in [4.69, 9.17) is 0 Å². The minimum atomic E-state index is -0.142. The van der Waals surface area contributed by atoms with Crippen LogP contribution in [0.25, 0.3) is 0 Å². The van der Waals surface area contributed by atoms with Crippen molar-refractivity contribution in [3.05, 3.63) is 75.8 Å². The zero-order valence-electron chi connectivity index (χ0n) is 24.8. The van der Waals surface area contributed by atoms with Crippen LogP contribution < -0.4 is 0 Å². The van der Waals surface area contributed by atoms with Crippen molar-refractivity contribution in [1.82, 2.24) is 0 Å². The van der Waals surface area contributed by atoms with Gasteiger partial charge < -0.3 is 15.3 Å². The number of phenols is 3. The van der Waals surface area contributed by atoms with Gasteiger partial charge in [0.05, 0.1) is 9.79 Å². The van der Waals surface area contributed by atoms with Crippen LogP contribution in [0.4, 0.5) is 0 Å². The van der Waals surface area contributed by atoms with E-state index in [2.05, 4.69) is 62.3 Å². The molecule has 3 N–H and O–H groups in total. The molecule has 0 saturated heterocycles. The number of aromatic hydroxyl groups is 3. The van der Waals surface area contributed by atoms with E-state index in [1.54, 1.807) is 6.07 Å². The van der Waals surface area contributed by atoms with Gasteiger partial charge in [0.1, 0.15) is 17.2 Å². The van der Waals surface area contributed by atoms with Gasteiger partial charge >= 0.3 is 0 Å². The molecule has 0 fully saturated rings. The molecule has 0 spiro atoms. The van der Waals surface area contributed by atoms with Gasteiger partial charge in [-0.05, 0) is 77.5 Å². The largest absolute Gasteiger partial charge is 0.508 e. The average molecular weight is 523 g/mol. The monoisotopic (exact) mass is 522 g/mol. The van der Waals surface area contributed by atoms with Crippen LogP contribution in [0.3, 0.4) is 0 Å². The molecule has 0 unspecified atom stereocenters. The predicted molar refractivity (Wildman–Crippen MR) is 159 cm³/mol. The first kappa shape index (κ1) is 30.6. The molecule has 0 bridgehead atoms. The fraction of sp³-hybridized carbons (Fsp3) is 0.455. The minimum absolute atomic E-state index is 0.0256. The summed E-state index contributed by atoms with van der Waals surface area (Å²) in [6.07, 6.45) is 0. The Hall–Kier alpha value is -2.59. The third kappa shape index (κ3) is 7.95. The first-order valence-corrected chi connectivity index (χ1v) is 13.7. The molecular weight excluding hydrogens is 476 g/mol. The summed E-state index contributed by atoms with van der Waals surface area (Å²) in [5.74, 6) is 1.02. The number of rotatable bonds is 2. The molecule has 3 nitrogen and oxygen atoms in total. The molecule has 3 aromatic carbocycles. The van der Waals surface area contributed by atoms with E-state index in [1.807, 2.05) is 57.2 Å². The first-order valence-electron chi connectivity index (χ1n) is 12.9. The van der Waals surface area contributed by atoms with Crippen LogP contribution in [0.5, 0.6) is 17.2 Å². The molecule has 3 rings (SSSR count). The lowest BCUT2D eigenvalue weighted by Gasteiger charge is -2.24. The third-order valence-corrected chi connectivity index (χ3v) is 7.30. The second-order valence-electron chi connectivity index (χ2n) is 13.2. The molecule has 0 aliphatic rings. The smallest absolute Gasteiger partial charge is 0.133 e. The van der Waals surface area contributed by atoms with Crippen molar-refractivity contribution in [3.63, 3.8) is 0 Å². The second-order valence-corrected chi connectivity index (χ2v) is 14.3. The maximum Gasteiger partial charge on any atom is 0.133 e. The standard InChI is InChI=1S/C22H30O2S.C11H16O/c1-13-9-15(21(3,4)5)19(23)17(11-13)25-18-12-14(2)10-16(20(18)24)22(6,7)8;1-8-5-6-9(10(12)7-8)11(2,3)4/h9-12,23-24H,1-8H3;5-7,12H,1-4H3. The van der Waals surface area contributed by atoms with Gasteiger partial charge in [0, 0.05) is 11.1 Å². The maximum atomic E-state index is 10.8. The molecule has 0 heterocycles. The van der Waals surface area contributed by atoms with Crippen LogP contribution in [0.2, 0.25) is 0 Å². The molecular formula is C33H46O3S.